The number of methoxy groups -OCH3 is 1. The number of allylic oxidation sites excluding steroid dienone is 1. The second-order valence-electron chi connectivity index (χ2n) is 8.84. The van der Waals surface area contributed by atoms with Crippen LogP contribution in [0.25, 0.3) is 0 Å². The van der Waals surface area contributed by atoms with Gasteiger partial charge in [0.1, 0.15) is 12.1 Å². The Kier molecular flexibility index (Phi) is 12.0. The van der Waals surface area contributed by atoms with E-state index >= 15 is 0 Å². The van der Waals surface area contributed by atoms with Gasteiger partial charge in [-0.2, -0.15) is 0 Å². The van der Waals surface area contributed by atoms with Crippen molar-refractivity contribution in [3.05, 3.63) is 88.5 Å². The summed E-state index contributed by atoms with van der Waals surface area (Å²) in [6, 6.07) is 15.0. The molecule has 0 saturated carbocycles. The van der Waals surface area contributed by atoms with Gasteiger partial charge in [0, 0.05) is 11.8 Å². The van der Waals surface area contributed by atoms with E-state index in [0.717, 1.165) is 16.0 Å². The van der Waals surface area contributed by atoms with E-state index in [0.29, 0.717) is 0 Å². The topological polar surface area (TPSA) is 103 Å². The first kappa shape index (κ1) is 31.4. The molecule has 0 heterocycles. The number of ether oxygens (including phenoxy) is 3. The number of nitrogens with zero attached hydrogens (tertiary/aromatic N) is 1. The summed E-state index contributed by atoms with van der Waals surface area (Å²) in [5.74, 6) is -2.18. The van der Waals surface area contributed by atoms with Crippen LogP contribution in [0.5, 0.6) is 0 Å². The summed E-state index contributed by atoms with van der Waals surface area (Å²) in [5, 5.41) is 2.36. The summed E-state index contributed by atoms with van der Waals surface area (Å²) < 4.78 is 16.2. The number of thioether (sulfide) groups is 1. The SMILES string of the molecule is C=N/C(C(=O)N[C@@H](C)C(=O)O[C@@H](C)[C@H](Sc1ccc(C)cc1C)c1ccccc1)=C(OC(C)=O)\C(=C/C)OC. The second kappa shape index (κ2) is 14.9. The van der Waals surface area contributed by atoms with Gasteiger partial charge in [-0.25, -0.2) is 4.79 Å². The van der Waals surface area contributed by atoms with Gasteiger partial charge in [-0.3, -0.25) is 14.6 Å². The first-order chi connectivity index (χ1) is 18.5. The molecule has 39 heavy (non-hydrogen) atoms. The fourth-order valence-corrected chi connectivity index (χ4v) is 4.97. The third-order valence-corrected chi connectivity index (χ3v) is 7.30. The number of carbonyl (C=O) groups excluding carboxylic acids is 3. The standard InChI is InChI=1S/C30H36N2O6S/c1-9-24(36-8)27(38-22(6)33)26(31-7)29(34)32-20(4)30(35)37-21(5)28(23-13-11-10-12-14-23)39-25-16-15-18(2)17-19(25)3/h9-17,20-21,28H,7H2,1-6,8H3,(H,32,34)/b24-9+,27-26+/t20-,21-,28-/m0/s1. The van der Waals surface area contributed by atoms with E-state index in [-0.39, 0.29) is 22.5 Å². The van der Waals surface area contributed by atoms with Crippen LogP contribution in [0.15, 0.2) is 81.7 Å². The summed E-state index contributed by atoms with van der Waals surface area (Å²) in [5.41, 5.74) is 3.00. The average molecular weight is 553 g/mol. The molecule has 0 spiro atoms. The van der Waals surface area contributed by atoms with Gasteiger partial charge in [0.05, 0.1) is 12.4 Å². The molecule has 0 radical (unpaired) electrons. The molecule has 8 nitrogen and oxygen atoms in total. The molecule has 0 aliphatic heterocycles. The minimum Gasteiger partial charge on any atom is -0.493 e. The van der Waals surface area contributed by atoms with Crippen LogP contribution in [0.1, 0.15) is 49.6 Å². The predicted octanol–water partition coefficient (Wildman–Crippen LogP) is 5.60. The zero-order valence-electron chi connectivity index (χ0n) is 23.4. The van der Waals surface area contributed by atoms with Crippen LogP contribution in [-0.4, -0.2) is 43.8 Å². The number of benzene rings is 2. The van der Waals surface area contributed by atoms with Crippen molar-refractivity contribution in [2.45, 2.75) is 63.8 Å². The van der Waals surface area contributed by atoms with Crippen LogP contribution < -0.4 is 5.32 Å². The number of aryl methyl sites for hydroxylation is 2. The molecule has 208 valence electrons. The van der Waals surface area contributed by atoms with E-state index in [1.165, 1.54) is 32.6 Å². The largest absolute Gasteiger partial charge is 0.493 e. The molecule has 0 aliphatic carbocycles. The summed E-state index contributed by atoms with van der Waals surface area (Å²) >= 11 is 1.62. The lowest BCUT2D eigenvalue weighted by atomic mass is 10.1. The minimum absolute atomic E-state index is 0.112. The molecule has 0 saturated heterocycles. The van der Waals surface area contributed by atoms with Crippen LogP contribution >= 0.6 is 11.8 Å². The highest BCUT2D eigenvalue weighted by Crippen LogP contribution is 2.40. The van der Waals surface area contributed by atoms with Gasteiger partial charge in [-0.05, 0) is 64.6 Å². The van der Waals surface area contributed by atoms with Gasteiger partial charge in [-0.15, -0.1) is 11.8 Å². The number of hydrogen-bond donors (Lipinski definition) is 1. The van der Waals surface area contributed by atoms with Crippen molar-refractivity contribution in [2.24, 2.45) is 4.99 Å². The Balaban J connectivity index is 2.25. The fourth-order valence-electron chi connectivity index (χ4n) is 3.76. The highest BCUT2D eigenvalue weighted by Gasteiger charge is 2.29. The smallest absolute Gasteiger partial charge is 0.328 e. The fraction of sp³-hybridized carbons (Fsp3) is 0.333. The maximum atomic E-state index is 13.1. The van der Waals surface area contributed by atoms with Crippen molar-refractivity contribution in [1.82, 2.24) is 5.32 Å². The number of nitrogens with one attached hydrogen (secondary N) is 1. The van der Waals surface area contributed by atoms with Crippen LogP contribution in [0, 0.1) is 13.8 Å². The van der Waals surface area contributed by atoms with Gasteiger partial charge < -0.3 is 19.5 Å². The second-order valence-corrected chi connectivity index (χ2v) is 10.0. The van der Waals surface area contributed by atoms with E-state index in [1.807, 2.05) is 44.2 Å². The molecule has 0 aliphatic rings. The molecular weight excluding hydrogens is 516 g/mol. The van der Waals surface area contributed by atoms with Crippen LogP contribution in [0.2, 0.25) is 0 Å². The Bertz CT molecular complexity index is 1260. The highest BCUT2D eigenvalue weighted by atomic mass is 32.2. The van der Waals surface area contributed by atoms with E-state index in [9.17, 15) is 14.4 Å². The first-order valence-electron chi connectivity index (χ1n) is 12.4. The highest BCUT2D eigenvalue weighted by molar-refractivity contribution is 7.99. The maximum absolute atomic E-state index is 13.1. The maximum Gasteiger partial charge on any atom is 0.328 e. The lowest BCUT2D eigenvalue weighted by molar-refractivity contribution is -0.151. The van der Waals surface area contributed by atoms with Crippen molar-refractivity contribution < 1.29 is 28.6 Å². The summed E-state index contributed by atoms with van der Waals surface area (Å²) in [4.78, 5) is 42.5. The van der Waals surface area contributed by atoms with Crippen molar-refractivity contribution in [1.29, 1.82) is 0 Å². The van der Waals surface area contributed by atoms with Crippen LogP contribution in [0.4, 0.5) is 0 Å². The molecule has 3 atom stereocenters. The van der Waals surface area contributed by atoms with Crippen molar-refractivity contribution >= 4 is 36.3 Å². The Morgan fingerprint density at radius 1 is 1.08 bits per heavy atom. The lowest BCUT2D eigenvalue weighted by Crippen LogP contribution is -2.42. The van der Waals surface area contributed by atoms with Crippen LogP contribution in [0.3, 0.4) is 0 Å². The molecule has 0 aromatic heterocycles. The van der Waals surface area contributed by atoms with E-state index in [1.54, 1.807) is 18.7 Å². The zero-order valence-corrected chi connectivity index (χ0v) is 24.3. The third-order valence-electron chi connectivity index (χ3n) is 5.68. The number of hydrogen-bond acceptors (Lipinski definition) is 8. The Hall–Kier alpha value is -3.85. The predicted molar refractivity (Wildman–Crippen MR) is 153 cm³/mol. The normalized spacial score (nSPS) is 14.3. The van der Waals surface area contributed by atoms with Gasteiger partial charge in [0.25, 0.3) is 5.91 Å². The summed E-state index contributed by atoms with van der Waals surface area (Å²) in [6.45, 7) is 13.7. The molecular formula is C30H36N2O6S. The third kappa shape index (κ3) is 8.85. The van der Waals surface area contributed by atoms with Gasteiger partial charge in [0.2, 0.25) is 5.76 Å². The molecule has 1 amide bonds. The number of carbonyl (C=O) groups is 3. The molecule has 2 aromatic rings. The van der Waals surface area contributed by atoms with Crippen LogP contribution in [-0.2, 0) is 28.6 Å². The van der Waals surface area contributed by atoms with Gasteiger partial charge >= 0.3 is 11.9 Å². The summed E-state index contributed by atoms with van der Waals surface area (Å²) in [6.07, 6.45) is 0.977. The minimum atomic E-state index is -1.03. The molecule has 0 fully saturated rings. The molecule has 0 unspecified atom stereocenters. The van der Waals surface area contributed by atoms with Gasteiger partial charge in [-0.1, -0.05) is 48.0 Å². The molecule has 1 N–H and O–H groups in total. The number of amides is 1. The number of rotatable bonds is 12. The Morgan fingerprint density at radius 2 is 1.74 bits per heavy atom. The quantitative estimate of drug-likeness (QED) is 0.0913. The molecule has 2 rings (SSSR count). The van der Waals surface area contributed by atoms with E-state index < -0.39 is 30.0 Å². The monoisotopic (exact) mass is 552 g/mol. The van der Waals surface area contributed by atoms with E-state index in [4.69, 9.17) is 14.2 Å². The van der Waals surface area contributed by atoms with Crippen molar-refractivity contribution in [2.75, 3.05) is 7.11 Å². The Labute approximate surface area is 234 Å². The molecule has 9 heteroatoms. The molecule has 2 aromatic carbocycles. The van der Waals surface area contributed by atoms with E-state index in [2.05, 4.69) is 42.1 Å². The summed E-state index contributed by atoms with van der Waals surface area (Å²) in [7, 11) is 1.36. The number of esters is 2. The van der Waals surface area contributed by atoms with Crippen molar-refractivity contribution in [3.63, 3.8) is 0 Å². The first-order valence-corrected chi connectivity index (χ1v) is 13.3. The van der Waals surface area contributed by atoms with Gasteiger partial charge in [0.15, 0.2) is 11.5 Å². The average Bonchev–Trinajstić information content (AvgIpc) is 2.89. The zero-order chi connectivity index (χ0) is 29.1. The van der Waals surface area contributed by atoms with Crippen molar-refractivity contribution in [3.8, 4) is 0 Å². The lowest BCUT2D eigenvalue weighted by Gasteiger charge is -2.26. The molecule has 0 bridgehead atoms. The Morgan fingerprint density at radius 3 is 2.28 bits per heavy atom. The number of aliphatic imine (C=N–C) groups is 1.